The number of hydrogen-bond acceptors (Lipinski definition) is 2. The quantitative estimate of drug-likeness (QED) is 0.888. The number of rotatable bonds is 2. The minimum Gasteiger partial charge on any atom is -0.389 e. The fraction of sp³-hybridized carbons (Fsp3) is 0.615. The molecule has 0 radical (unpaired) electrons. The van der Waals surface area contributed by atoms with E-state index in [1.54, 1.807) is 18.3 Å². The standard InChI is InChI=1S/C13H15BrF3NO/c14-10-3-4-11(18-8-10)7-12(19)5-1-2-9(6-12)13(15,16)17/h3-4,8-9,19H,1-2,5-7H2. The molecular formula is C13H15BrF3NO. The first-order chi connectivity index (χ1) is 8.78. The smallest absolute Gasteiger partial charge is 0.389 e. The van der Waals surface area contributed by atoms with Gasteiger partial charge in [-0.1, -0.05) is 0 Å². The molecule has 1 aromatic rings. The number of pyridine rings is 1. The number of alkyl halides is 3. The summed E-state index contributed by atoms with van der Waals surface area (Å²) in [6, 6.07) is 3.50. The van der Waals surface area contributed by atoms with Crippen LogP contribution in [0.15, 0.2) is 22.8 Å². The molecule has 2 atom stereocenters. The lowest BCUT2D eigenvalue weighted by Gasteiger charge is -2.37. The van der Waals surface area contributed by atoms with Crippen molar-refractivity contribution in [3.8, 4) is 0 Å². The Kier molecular flexibility index (Phi) is 4.20. The summed E-state index contributed by atoms with van der Waals surface area (Å²) in [4.78, 5) is 4.12. The van der Waals surface area contributed by atoms with Crippen LogP contribution in [0.3, 0.4) is 0 Å². The molecule has 6 heteroatoms. The van der Waals surface area contributed by atoms with Gasteiger partial charge in [0.15, 0.2) is 0 Å². The molecule has 1 heterocycles. The fourth-order valence-electron chi connectivity index (χ4n) is 2.63. The van der Waals surface area contributed by atoms with Gasteiger partial charge in [-0.3, -0.25) is 4.98 Å². The molecular weight excluding hydrogens is 323 g/mol. The van der Waals surface area contributed by atoms with E-state index in [9.17, 15) is 18.3 Å². The molecule has 0 amide bonds. The second-order valence-corrected chi connectivity index (χ2v) is 6.12. The Labute approximate surface area is 118 Å². The Morgan fingerprint density at radius 2 is 2.16 bits per heavy atom. The van der Waals surface area contributed by atoms with E-state index in [4.69, 9.17) is 0 Å². The lowest BCUT2D eigenvalue weighted by atomic mass is 9.75. The van der Waals surface area contributed by atoms with Crippen LogP contribution in [-0.2, 0) is 6.42 Å². The number of hydrogen-bond donors (Lipinski definition) is 1. The third kappa shape index (κ3) is 3.92. The van der Waals surface area contributed by atoms with Crippen LogP contribution < -0.4 is 0 Å². The summed E-state index contributed by atoms with van der Waals surface area (Å²) >= 11 is 3.25. The van der Waals surface area contributed by atoms with Crippen molar-refractivity contribution in [2.45, 2.75) is 43.9 Å². The van der Waals surface area contributed by atoms with Gasteiger partial charge in [-0.05, 0) is 53.7 Å². The second kappa shape index (κ2) is 5.40. The van der Waals surface area contributed by atoms with Gasteiger partial charge in [0, 0.05) is 22.8 Å². The summed E-state index contributed by atoms with van der Waals surface area (Å²) in [5.41, 5.74) is -0.673. The van der Waals surface area contributed by atoms with E-state index in [2.05, 4.69) is 20.9 Å². The highest BCUT2D eigenvalue weighted by Crippen LogP contribution is 2.42. The highest BCUT2D eigenvalue weighted by molar-refractivity contribution is 9.10. The van der Waals surface area contributed by atoms with Crippen LogP contribution in [0, 0.1) is 5.92 Å². The molecule has 0 aromatic carbocycles. The Morgan fingerprint density at radius 3 is 2.74 bits per heavy atom. The topological polar surface area (TPSA) is 33.1 Å². The Balaban J connectivity index is 2.07. The number of nitrogens with zero attached hydrogens (tertiary/aromatic N) is 1. The second-order valence-electron chi connectivity index (χ2n) is 5.20. The Morgan fingerprint density at radius 1 is 1.42 bits per heavy atom. The predicted molar refractivity (Wildman–Crippen MR) is 68.6 cm³/mol. The third-order valence-corrected chi connectivity index (χ3v) is 4.05. The largest absolute Gasteiger partial charge is 0.391 e. The zero-order valence-electron chi connectivity index (χ0n) is 10.3. The van der Waals surface area contributed by atoms with Crippen molar-refractivity contribution in [3.63, 3.8) is 0 Å². The molecule has 1 N–H and O–H groups in total. The van der Waals surface area contributed by atoms with Crippen LogP contribution in [0.4, 0.5) is 13.2 Å². The molecule has 106 valence electrons. The van der Waals surface area contributed by atoms with Gasteiger partial charge in [-0.15, -0.1) is 0 Å². The van der Waals surface area contributed by atoms with Crippen molar-refractivity contribution >= 4 is 15.9 Å². The minimum atomic E-state index is -4.22. The Hall–Kier alpha value is -0.620. The highest BCUT2D eigenvalue weighted by Gasteiger charge is 2.46. The molecule has 0 bridgehead atoms. The van der Waals surface area contributed by atoms with Gasteiger partial charge in [-0.2, -0.15) is 13.2 Å². The van der Waals surface area contributed by atoms with Gasteiger partial charge in [0.2, 0.25) is 0 Å². The molecule has 19 heavy (non-hydrogen) atoms. The van der Waals surface area contributed by atoms with Crippen molar-refractivity contribution in [1.29, 1.82) is 0 Å². The van der Waals surface area contributed by atoms with E-state index in [0.717, 1.165) is 4.47 Å². The average Bonchev–Trinajstić information content (AvgIpc) is 2.31. The monoisotopic (exact) mass is 337 g/mol. The van der Waals surface area contributed by atoms with Gasteiger partial charge in [0.1, 0.15) is 0 Å². The van der Waals surface area contributed by atoms with E-state index in [1.807, 2.05) is 0 Å². The molecule has 2 rings (SSSR count). The van der Waals surface area contributed by atoms with Crippen LogP contribution in [-0.4, -0.2) is 21.9 Å². The molecule has 0 spiro atoms. The van der Waals surface area contributed by atoms with E-state index in [1.165, 1.54) is 0 Å². The molecule has 1 saturated carbocycles. The fourth-order valence-corrected chi connectivity index (χ4v) is 2.86. The van der Waals surface area contributed by atoms with Crippen molar-refractivity contribution in [3.05, 3.63) is 28.5 Å². The summed E-state index contributed by atoms with van der Waals surface area (Å²) in [6.45, 7) is 0. The van der Waals surface area contributed by atoms with Gasteiger partial charge in [0.05, 0.1) is 11.5 Å². The summed E-state index contributed by atoms with van der Waals surface area (Å²) < 4.78 is 39.0. The minimum absolute atomic E-state index is 0.111. The summed E-state index contributed by atoms with van der Waals surface area (Å²) in [7, 11) is 0. The normalized spacial score (nSPS) is 28.4. The SMILES string of the molecule is OC1(Cc2ccc(Br)cn2)CCCC(C(F)(F)F)C1. The zero-order chi connectivity index (χ0) is 14.1. The maximum atomic E-state index is 12.7. The number of aromatic nitrogens is 1. The van der Waals surface area contributed by atoms with E-state index < -0.39 is 17.7 Å². The number of aliphatic hydroxyl groups is 1. The summed E-state index contributed by atoms with van der Waals surface area (Å²) in [6.07, 6.45) is -1.78. The van der Waals surface area contributed by atoms with Crippen LogP contribution in [0.1, 0.15) is 31.4 Å². The average molecular weight is 338 g/mol. The lowest BCUT2D eigenvalue weighted by Crippen LogP contribution is -2.42. The van der Waals surface area contributed by atoms with E-state index in [0.29, 0.717) is 18.5 Å². The first kappa shape index (κ1) is 14.8. The predicted octanol–water partition coefficient (Wildman–Crippen LogP) is 3.87. The van der Waals surface area contributed by atoms with Crippen LogP contribution in [0.25, 0.3) is 0 Å². The lowest BCUT2D eigenvalue weighted by molar-refractivity contribution is -0.200. The van der Waals surface area contributed by atoms with Crippen LogP contribution >= 0.6 is 15.9 Å². The third-order valence-electron chi connectivity index (χ3n) is 3.58. The highest BCUT2D eigenvalue weighted by atomic mass is 79.9. The molecule has 1 aromatic heterocycles. The maximum absolute atomic E-state index is 12.7. The van der Waals surface area contributed by atoms with Crippen molar-refractivity contribution < 1.29 is 18.3 Å². The first-order valence-electron chi connectivity index (χ1n) is 6.18. The zero-order valence-corrected chi connectivity index (χ0v) is 11.8. The summed E-state index contributed by atoms with van der Waals surface area (Å²) in [5.74, 6) is -1.40. The molecule has 1 aliphatic rings. The molecule has 0 aliphatic heterocycles. The molecule has 2 nitrogen and oxygen atoms in total. The van der Waals surface area contributed by atoms with Crippen molar-refractivity contribution in [2.75, 3.05) is 0 Å². The van der Waals surface area contributed by atoms with E-state index in [-0.39, 0.29) is 19.3 Å². The Bertz CT molecular complexity index is 435. The van der Waals surface area contributed by atoms with Crippen LogP contribution in [0.2, 0.25) is 0 Å². The van der Waals surface area contributed by atoms with Gasteiger partial charge in [-0.25, -0.2) is 0 Å². The van der Waals surface area contributed by atoms with Gasteiger partial charge < -0.3 is 5.11 Å². The van der Waals surface area contributed by atoms with Crippen molar-refractivity contribution in [1.82, 2.24) is 4.98 Å². The van der Waals surface area contributed by atoms with Gasteiger partial charge in [0.25, 0.3) is 0 Å². The number of halogens is 4. The molecule has 0 saturated heterocycles. The summed E-state index contributed by atoms with van der Waals surface area (Å²) in [5, 5.41) is 10.4. The molecule has 2 unspecified atom stereocenters. The van der Waals surface area contributed by atoms with Crippen molar-refractivity contribution in [2.24, 2.45) is 5.92 Å². The van der Waals surface area contributed by atoms with E-state index >= 15 is 0 Å². The molecule has 1 fully saturated rings. The molecule has 1 aliphatic carbocycles. The maximum Gasteiger partial charge on any atom is 0.391 e. The van der Waals surface area contributed by atoms with Gasteiger partial charge >= 0.3 is 6.18 Å². The van der Waals surface area contributed by atoms with Crippen LogP contribution in [0.5, 0.6) is 0 Å². The first-order valence-corrected chi connectivity index (χ1v) is 6.97.